The van der Waals surface area contributed by atoms with Crippen LogP contribution in [0.3, 0.4) is 0 Å². The molecule has 0 unspecified atom stereocenters. The lowest BCUT2D eigenvalue weighted by Gasteiger charge is -2.36. The molecule has 1 aliphatic heterocycles. The van der Waals surface area contributed by atoms with E-state index >= 15 is 0 Å². The van der Waals surface area contributed by atoms with Gasteiger partial charge in [0.05, 0.1) is 13.2 Å². The summed E-state index contributed by atoms with van der Waals surface area (Å²) in [5, 5.41) is 13.8. The van der Waals surface area contributed by atoms with Gasteiger partial charge in [-0.1, -0.05) is 184 Å². The van der Waals surface area contributed by atoms with Gasteiger partial charge in [-0.05, 0) is 62.2 Å². The summed E-state index contributed by atoms with van der Waals surface area (Å²) in [4.78, 5) is 29.8. The number of amides is 1. The fraction of sp³-hybridized carbons (Fsp3) is 0.250. The summed E-state index contributed by atoms with van der Waals surface area (Å²) in [6.45, 7) is 7.01. The third-order valence-electron chi connectivity index (χ3n) is 11.6. The van der Waals surface area contributed by atoms with Gasteiger partial charge in [-0.3, -0.25) is 4.79 Å². The zero-order valence-electron chi connectivity index (χ0n) is 35.3. The van der Waals surface area contributed by atoms with Crippen molar-refractivity contribution in [3.63, 3.8) is 0 Å². The van der Waals surface area contributed by atoms with E-state index in [9.17, 15) is 9.59 Å². The normalized spacial score (nSPS) is 14.1. The van der Waals surface area contributed by atoms with E-state index in [0.29, 0.717) is 25.5 Å². The zero-order chi connectivity index (χ0) is 42.9. The van der Waals surface area contributed by atoms with Crippen molar-refractivity contribution in [1.29, 1.82) is 0 Å². The predicted octanol–water partition coefficient (Wildman–Crippen LogP) is 9.49. The molecule has 1 aliphatic rings. The van der Waals surface area contributed by atoms with Gasteiger partial charge in [0, 0.05) is 24.9 Å². The standard InChI is InChI=1S/C52H51N5O5/c1-38(2)48(50(59)60-37-40-18-8-4-9-19-40)56(47(58)32-33-51(3)61-34-35-62-51)36-39-28-30-41(31-29-39)45-26-16-17-27-46(45)49-53-54-55-57(49)52(42-20-10-5-11-21-42,43-22-12-6-13-23-43)44-24-14-7-15-25-44/h4-31,38,48H,32-37H2,1-3H3/t48-/m0/s1. The molecule has 62 heavy (non-hydrogen) atoms. The molecular weight excluding hydrogens is 775 g/mol. The third-order valence-corrected chi connectivity index (χ3v) is 11.6. The molecule has 1 fully saturated rings. The Kier molecular flexibility index (Phi) is 12.8. The fourth-order valence-electron chi connectivity index (χ4n) is 8.50. The second kappa shape index (κ2) is 18.9. The molecule has 0 aliphatic carbocycles. The van der Waals surface area contributed by atoms with Crippen molar-refractivity contribution >= 4 is 11.9 Å². The van der Waals surface area contributed by atoms with Gasteiger partial charge in [-0.25, -0.2) is 9.48 Å². The Bertz CT molecular complexity index is 2450. The maximum atomic E-state index is 14.2. The Labute approximate surface area is 363 Å². The molecule has 1 amide bonds. The lowest BCUT2D eigenvalue weighted by Crippen LogP contribution is -2.48. The van der Waals surface area contributed by atoms with Crippen molar-refractivity contribution < 1.29 is 23.8 Å². The van der Waals surface area contributed by atoms with Gasteiger partial charge in [0.2, 0.25) is 5.91 Å². The second-order valence-electron chi connectivity index (χ2n) is 16.1. The molecule has 0 radical (unpaired) electrons. The molecule has 10 nitrogen and oxygen atoms in total. The van der Waals surface area contributed by atoms with E-state index in [1.807, 2.05) is 153 Å². The predicted molar refractivity (Wildman–Crippen MR) is 238 cm³/mol. The van der Waals surface area contributed by atoms with Crippen molar-refractivity contribution in [1.82, 2.24) is 25.1 Å². The molecule has 2 heterocycles. The van der Waals surface area contributed by atoms with Gasteiger partial charge in [0.15, 0.2) is 11.6 Å². The molecule has 0 spiro atoms. The highest BCUT2D eigenvalue weighted by Crippen LogP contribution is 2.43. The van der Waals surface area contributed by atoms with Crippen LogP contribution in [0.2, 0.25) is 0 Å². The zero-order valence-corrected chi connectivity index (χ0v) is 35.3. The van der Waals surface area contributed by atoms with Crippen molar-refractivity contribution in [2.24, 2.45) is 5.92 Å². The maximum absolute atomic E-state index is 14.2. The molecule has 314 valence electrons. The Morgan fingerprint density at radius 1 is 0.694 bits per heavy atom. The number of tetrazole rings is 1. The SMILES string of the molecule is CC(C)[C@@H](C(=O)OCc1ccccc1)N(Cc1ccc(-c2ccccc2-c2nnnn2C(c2ccccc2)(c2ccccc2)c2ccccc2)cc1)C(=O)CCC1(C)OCCO1. The lowest BCUT2D eigenvalue weighted by molar-refractivity contribution is -0.163. The molecule has 10 heteroatoms. The van der Waals surface area contributed by atoms with Crippen molar-refractivity contribution in [2.45, 2.75) is 64.1 Å². The van der Waals surface area contributed by atoms with Crippen LogP contribution < -0.4 is 0 Å². The average molecular weight is 826 g/mol. The molecule has 6 aromatic carbocycles. The first-order valence-corrected chi connectivity index (χ1v) is 21.2. The maximum Gasteiger partial charge on any atom is 0.329 e. The summed E-state index contributed by atoms with van der Waals surface area (Å²) in [5.74, 6) is -1.10. The highest BCUT2D eigenvalue weighted by atomic mass is 16.7. The van der Waals surface area contributed by atoms with Gasteiger partial charge in [0.25, 0.3) is 0 Å². The summed E-state index contributed by atoms with van der Waals surface area (Å²) in [7, 11) is 0. The number of nitrogens with zero attached hydrogens (tertiary/aromatic N) is 5. The highest BCUT2D eigenvalue weighted by Gasteiger charge is 2.42. The average Bonchev–Trinajstić information content (AvgIpc) is 3.99. The number of ether oxygens (including phenoxy) is 3. The summed E-state index contributed by atoms with van der Waals surface area (Å²) >= 11 is 0. The van der Waals surface area contributed by atoms with Crippen LogP contribution in [0.1, 0.15) is 61.4 Å². The minimum Gasteiger partial charge on any atom is -0.459 e. The van der Waals surface area contributed by atoms with Crippen LogP contribution in [0, 0.1) is 5.92 Å². The summed E-state index contributed by atoms with van der Waals surface area (Å²) in [6.07, 6.45) is 0.504. The number of carbonyl (C=O) groups is 2. The molecule has 1 atom stereocenters. The molecule has 0 N–H and O–H groups in total. The number of rotatable bonds is 16. The molecule has 1 aromatic heterocycles. The number of carbonyl (C=O) groups excluding carboxylic acids is 2. The first-order chi connectivity index (χ1) is 30.3. The summed E-state index contributed by atoms with van der Waals surface area (Å²) < 4.78 is 19.4. The molecule has 8 rings (SSSR count). The molecule has 7 aromatic rings. The van der Waals surface area contributed by atoms with Crippen LogP contribution in [0.5, 0.6) is 0 Å². The van der Waals surface area contributed by atoms with E-state index < -0.39 is 23.3 Å². The Hall–Kier alpha value is -6.75. The van der Waals surface area contributed by atoms with Crippen LogP contribution in [-0.4, -0.2) is 62.0 Å². The summed E-state index contributed by atoms with van der Waals surface area (Å²) in [5.41, 5.74) is 6.56. The van der Waals surface area contributed by atoms with E-state index in [-0.39, 0.29) is 31.4 Å². The van der Waals surface area contributed by atoms with Crippen LogP contribution in [0.4, 0.5) is 0 Å². The van der Waals surface area contributed by atoms with E-state index in [2.05, 4.69) is 47.7 Å². The van der Waals surface area contributed by atoms with Gasteiger partial charge < -0.3 is 19.1 Å². The van der Waals surface area contributed by atoms with Gasteiger partial charge in [-0.15, -0.1) is 5.10 Å². The van der Waals surface area contributed by atoms with Crippen LogP contribution in [-0.2, 0) is 42.5 Å². The molecular formula is C52H51N5O5. The quantitative estimate of drug-likeness (QED) is 0.0701. The van der Waals surface area contributed by atoms with E-state index in [1.165, 1.54) is 0 Å². The first kappa shape index (κ1) is 42.0. The van der Waals surface area contributed by atoms with Crippen molar-refractivity contribution in [2.75, 3.05) is 13.2 Å². The largest absolute Gasteiger partial charge is 0.459 e. The highest BCUT2D eigenvalue weighted by molar-refractivity contribution is 5.85. The van der Waals surface area contributed by atoms with Gasteiger partial charge >= 0.3 is 5.97 Å². The van der Waals surface area contributed by atoms with Crippen LogP contribution in [0.25, 0.3) is 22.5 Å². The fourth-order valence-corrected chi connectivity index (χ4v) is 8.50. The Balaban J connectivity index is 1.14. The molecule has 0 saturated carbocycles. The number of aromatic nitrogens is 4. The topological polar surface area (TPSA) is 109 Å². The Morgan fingerprint density at radius 3 is 1.76 bits per heavy atom. The second-order valence-corrected chi connectivity index (χ2v) is 16.1. The van der Waals surface area contributed by atoms with Gasteiger partial charge in [-0.2, -0.15) is 0 Å². The number of hydrogen-bond donors (Lipinski definition) is 0. The number of hydrogen-bond acceptors (Lipinski definition) is 8. The smallest absolute Gasteiger partial charge is 0.329 e. The Morgan fingerprint density at radius 2 is 1.21 bits per heavy atom. The first-order valence-electron chi connectivity index (χ1n) is 21.2. The van der Waals surface area contributed by atoms with E-state index in [1.54, 1.807) is 4.90 Å². The van der Waals surface area contributed by atoms with Crippen molar-refractivity contribution in [3.8, 4) is 22.5 Å². The number of benzene rings is 6. The van der Waals surface area contributed by atoms with Crippen LogP contribution in [0.15, 0.2) is 170 Å². The monoisotopic (exact) mass is 825 g/mol. The molecule has 1 saturated heterocycles. The lowest BCUT2D eigenvalue weighted by atomic mass is 9.77. The minimum atomic E-state index is -0.918. The molecule has 0 bridgehead atoms. The van der Waals surface area contributed by atoms with E-state index in [4.69, 9.17) is 24.5 Å². The van der Waals surface area contributed by atoms with Crippen molar-refractivity contribution in [3.05, 3.63) is 198 Å². The summed E-state index contributed by atoms with van der Waals surface area (Å²) in [6, 6.07) is 56.0. The van der Waals surface area contributed by atoms with Gasteiger partial charge in [0.1, 0.15) is 18.2 Å². The minimum absolute atomic E-state index is 0.116. The van der Waals surface area contributed by atoms with Crippen LogP contribution >= 0.6 is 0 Å². The van der Waals surface area contributed by atoms with E-state index in [0.717, 1.165) is 44.5 Å². The third kappa shape index (κ3) is 8.84. The number of esters is 1.